The second kappa shape index (κ2) is 7.22. The average Bonchev–Trinajstić information content (AvgIpc) is 2.48. The number of carbonyl (C=O) groups excluding carboxylic acids is 2. The first-order chi connectivity index (χ1) is 10.2. The predicted molar refractivity (Wildman–Crippen MR) is 79.8 cm³/mol. The summed E-state index contributed by atoms with van der Waals surface area (Å²) in [5.74, 6) is -0.122. The van der Waals surface area contributed by atoms with Gasteiger partial charge in [0.1, 0.15) is 6.04 Å². The first-order valence-corrected chi connectivity index (χ1v) is 7.33. The fourth-order valence-electron chi connectivity index (χ4n) is 2.69. The van der Waals surface area contributed by atoms with E-state index in [1.807, 2.05) is 31.2 Å². The van der Waals surface area contributed by atoms with E-state index in [1.165, 1.54) is 0 Å². The molecular formula is C16H22N2O3. The first-order valence-electron chi connectivity index (χ1n) is 7.33. The van der Waals surface area contributed by atoms with Crippen molar-refractivity contribution in [2.24, 2.45) is 0 Å². The van der Waals surface area contributed by atoms with E-state index in [1.54, 1.807) is 12.0 Å². The van der Waals surface area contributed by atoms with Gasteiger partial charge in [-0.1, -0.05) is 31.2 Å². The maximum absolute atomic E-state index is 12.5. The number of methoxy groups -OCH3 is 1. The summed E-state index contributed by atoms with van der Waals surface area (Å²) in [6, 6.07) is 7.14. The Hall–Kier alpha value is -1.88. The quantitative estimate of drug-likeness (QED) is 0.803. The molecule has 2 rings (SSSR count). The number of rotatable bonds is 6. The van der Waals surface area contributed by atoms with Crippen molar-refractivity contribution in [3.63, 3.8) is 0 Å². The van der Waals surface area contributed by atoms with Crippen LogP contribution in [-0.4, -0.2) is 43.5 Å². The molecule has 0 bridgehead atoms. The summed E-state index contributed by atoms with van der Waals surface area (Å²) >= 11 is 0. The molecule has 21 heavy (non-hydrogen) atoms. The highest BCUT2D eigenvalue weighted by molar-refractivity contribution is 5.92. The number of ether oxygens (including phenoxy) is 1. The molecule has 0 fully saturated rings. The summed E-state index contributed by atoms with van der Waals surface area (Å²) in [4.78, 5) is 26.5. The van der Waals surface area contributed by atoms with Crippen LogP contribution in [0.1, 0.15) is 30.5 Å². The number of hydrogen-bond donors (Lipinski definition) is 1. The minimum atomic E-state index is -0.528. The van der Waals surface area contributed by atoms with E-state index in [2.05, 4.69) is 5.32 Å². The molecule has 2 amide bonds. The lowest BCUT2D eigenvalue weighted by atomic mass is 9.91. The molecule has 1 N–H and O–H groups in total. The van der Waals surface area contributed by atoms with E-state index in [9.17, 15) is 9.59 Å². The molecule has 0 saturated heterocycles. The first kappa shape index (κ1) is 15.5. The molecule has 0 aliphatic carbocycles. The Labute approximate surface area is 125 Å². The van der Waals surface area contributed by atoms with Gasteiger partial charge in [0, 0.05) is 20.2 Å². The minimum absolute atomic E-state index is 0.0161. The van der Waals surface area contributed by atoms with E-state index in [0.717, 1.165) is 17.5 Å². The summed E-state index contributed by atoms with van der Waals surface area (Å²) in [6.07, 6.45) is 1.20. The standard InChI is InChI=1S/C16H22N2O3/c1-3-9-18-14(19)11-12-6-4-5-7-13(12)15(18)16(20)17-8-10-21-2/h4-7,15H,3,8-11H2,1-2H3,(H,17,20). The van der Waals surface area contributed by atoms with Crippen LogP contribution in [-0.2, 0) is 20.7 Å². The summed E-state index contributed by atoms with van der Waals surface area (Å²) < 4.78 is 4.95. The monoisotopic (exact) mass is 290 g/mol. The van der Waals surface area contributed by atoms with Gasteiger partial charge in [0.25, 0.3) is 0 Å². The Kier molecular flexibility index (Phi) is 5.33. The summed E-state index contributed by atoms with van der Waals surface area (Å²) in [6.45, 7) is 3.51. The van der Waals surface area contributed by atoms with Gasteiger partial charge in [-0.05, 0) is 17.5 Å². The summed E-state index contributed by atoms with van der Waals surface area (Å²) in [5, 5.41) is 2.85. The van der Waals surface area contributed by atoms with Crippen LogP contribution in [0.4, 0.5) is 0 Å². The SMILES string of the molecule is CCCN1C(=O)Cc2ccccc2C1C(=O)NCCOC. The van der Waals surface area contributed by atoms with Crippen molar-refractivity contribution in [3.05, 3.63) is 35.4 Å². The second-order valence-corrected chi connectivity index (χ2v) is 5.15. The minimum Gasteiger partial charge on any atom is -0.383 e. The molecular weight excluding hydrogens is 268 g/mol. The van der Waals surface area contributed by atoms with Gasteiger partial charge in [-0.25, -0.2) is 0 Å². The number of nitrogens with zero attached hydrogens (tertiary/aromatic N) is 1. The number of carbonyl (C=O) groups is 2. The van der Waals surface area contributed by atoms with Crippen LogP contribution < -0.4 is 5.32 Å². The molecule has 0 aromatic heterocycles. The van der Waals surface area contributed by atoms with Gasteiger partial charge in [-0.15, -0.1) is 0 Å². The van der Waals surface area contributed by atoms with Crippen molar-refractivity contribution in [1.29, 1.82) is 0 Å². The molecule has 0 radical (unpaired) electrons. The van der Waals surface area contributed by atoms with Gasteiger partial charge in [0.2, 0.25) is 11.8 Å². The topological polar surface area (TPSA) is 58.6 Å². The Bertz CT molecular complexity index is 516. The lowest BCUT2D eigenvalue weighted by Gasteiger charge is -2.36. The number of hydrogen-bond acceptors (Lipinski definition) is 3. The zero-order valence-corrected chi connectivity index (χ0v) is 12.6. The highest BCUT2D eigenvalue weighted by Gasteiger charge is 2.36. The molecule has 5 heteroatoms. The Morgan fingerprint density at radius 3 is 2.90 bits per heavy atom. The molecule has 0 spiro atoms. The normalized spacial score (nSPS) is 17.5. The van der Waals surface area contributed by atoms with Crippen molar-refractivity contribution < 1.29 is 14.3 Å². The molecule has 1 unspecified atom stereocenters. The molecule has 1 aliphatic heterocycles. The van der Waals surface area contributed by atoms with Crippen LogP contribution in [0, 0.1) is 0 Å². The van der Waals surface area contributed by atoms with Crippen LogP contribution in [0.15, 0.2) is 24.3 Å². The second-order valence-electron chi connectivity index (χ2n) is 5.15. The van der Waals surface area contributed by atoms with Crippen LogP contribution in [0.5, 0.6) is 0 Å². The average molecular weight is 290 g/mol. The van der Waals surface area contributed by atoms with Crippen molar-refractivity contribution >= 4 is 11.8 Å². The van der Waals surface area contributed by atoms with Gasteiger partial charge >= 0.3 is 0 Å². The zero-order chi connectivity index (χ0) is 15.2. The van der Waals surface area contributed by atoms with Gasteiger partial charge in [0.15, 0.2) is 0 Å². The fourth-order valence-corrected chi connectivity index (χ4v) is 2.69. The predicted octanol–water partition coefficient (Wildman–Crippen LogP) is 1.28. The molecule has 5 nitrogen and oxygen atoms in total. The maximum atomic E-state index is 12.5. The van der Waals surface area contributed by atoms with Crippen LogP contribution >= 0.6 is 0 Å². The van der Waals surface area contributed by atoms with Crippen molar-refractivity contribution in [1.82, 2.24) is 10.2 Å². The third-order valence-electron chi connectivity index (χ3n) is 3.64. The summed E-state index contributed by atoms with van der Waals surface area (Å²) in [5.41, 5.74) is 1.88. The highest BCUT2D eigenvalue weighted by atomic mass is 16.5. The summed E-state index contributed by atoms with van der Waals surface area (Å²) in [7, 11) is 1.59. The Morgan fingerprint density at radius 2 is 2.19 bits per heavy atom. The van der Waals surface area contributed by atoms with Gasteiger partial charge in [-0.2, -0.15) is 0 Å². The number of nitrogens with one attached hydrogen (secondary N) is 1. The molecule has 114 valence electrons. The van der Waals surface area contributed by atoms with Crippen molar-refractivity contribution in [3.8, 4) is 0 Å². The van der Waals surface area contributed by atoms with E-state index < -0.39 is 6.04 Å². The number of amides is 2. The highest BCUT2D eigenvalue weighted by Crippen LogP contribution is 2.30. The van der Waals surface area contributed by atoms with E-state index in [-0.39, 0.29) is 11.8 Å². The van der Waals surface area contributed by atoms with Crippen LogP contribution in [0.2, 0.25) is 0 Å². The largest absolute Gasteiger partial charge is 0.383 e. The number of benzene rings is 1. The van der Waals surface area contributed by atoms with Crippen molar-refractivity contribution in [2.75, 3.05) is 26.8 Å². The Morgan fingerprint density at radius 1 is 1.43 bits per heavy atom. The van der Waals surface area contributed by atoms with Crippen LogP contribution in [0.3, 0.4) is 0 Å². The molecule has 1 aliphatic rings. The number of fused-ring (bicyclic) bond motifs is 1. The van der Waals surface area contributed by atoms with Crippen molar-refractivity contribution in [2.45, 2.75) is 25.8 Å². The van der Waals surface area contributed by atoms with Gasteiger partial charge in [-0.3, -0.25) is 9.59 Å². The van der Waals surface area contributed by atoms with Gasteiger partial charge < -0.3 is 15.0 Å². The third-order valence-corrected chi connectivity index (χ3v) is 3.64. The maximum Gasteiger partial charge on any atom is 0.247 e. The Balaban J connectivity index is 2.27. The molecule has 1 aromatic rings. The molecule has 1 aromatic carbocycles. The fraction of sp³-hybridized carbons (Fsp3) is 0.500. The molecule has 1 heterocycles. The molecule has 1 atom stereocenters. The lowest BCUT2D eigenvalue weighted by Crippen LogP contribution is -2.48. The van der Waals surface area contributed by atoms with E-state index in [0.29, 0.717) is 26.1 Å². The van der Waals surface area contributed by atoms with Gasteiger partial charge in [0.05, 0.1) is 13.0 Å². The lowest BCUT2D eigenvalue weighted by molar-refractivity contribution is -0.141. The molecule has 0 saturated carbocycles. The third kappa shape index (κ3) is 3.42. The van der Waals surface area contributed by atoms with E-state index >= 15 is 0 Å². The van der Waals surface area contributed by atoms with Crippen LogP contribution in [0.25, 0.3) is 0 Å². The smallest absolute Gasteiger partial charge is 0.247 e. The zero-order valence-electron chi connectivity index (χ0n) is 12.6. The van der Waals surface area contributed by atoms with E-state index in [4.69, 9.17) is 4.74 Å².